The minimum Gasteiger partial charge on any atom is -0.497 e. The molecule has 1 N–H and O–H groups in total. The van der Waals surface area contributed by atoms with Crippen molar-refractivity contribution in [2.24, 2.45) is 0 Å². The minimum atomic E-state index is -0.410. The monoisotopic (exact) mass is 496 g/mol. The van der Waals surface area contributed by atoms with E-state index in [2.05, 4.69) is 10.2 Å². The predicted molar refractivity (Wildman–Crippen MR) is 138 cm³/mol. The van der Waals surface area contributed by atoms with Crippen LogP contribution in [0.25, 0.3) is 10.9 Å². The number of aromatic nitrogens is 2. The summed E-state index contributed by atoms with van der Waals surface area (Å²) in [5.74, 6) is 0.672. The molecule has 0 unspecified atom stereocenters. The quantitative estimate of drug-likeness (QED) is 0.341. The minimum absolute atomic E-state index is 0.0640. The second-order valence-corrected chi connectivity index (χ2v) is 9.81. The van der Waals surface area contributed by atoms with Gasteiger partial charge in [-0.15, -0.1) is 0 Å². The summed E-state index contributed by atoms with van der Waals surface area (Å²) in [5, 5.41) is 3.74. The molecule has 0 bridgehead atoms. The first-order valence-electron chi connectivity index (χ1n) is 11.9. The highest BCUT2D eigenvalue weighted by Crippen LogP contribution is 2.23. The molecule has 1 saturated heterocycles. The lowest BCUT2D eigenvalue weighted by atomic mass is 10.2. The van der Waals surface area contributed by atoms with Crippen LogP contribution in [0, 0.1) is 0 Å². The molecule has 3 aromatic rings. The summed E-state index contributed by atoms with van der Waals surface area (Å²) >= 11 is 1.32. The van der Waals surface area contributed by atoms with Crippen LogP contribution >= 0.6 is 11.8 Å². The van der Waals surface area contributed by atoms with E-state index >= 15 is 0 Å². The number of hydrogen-bond donors (Lipinski definition) is 1. The maximum Gasteiger partial charge on any atom is 0.262 e. The molecule has 1 aliphatic rings. The first kappa shape index (κ1) is 25.2. The molecule has 2 heterocycles. The van der Waals surface area contributed by atoms with Crippen LogP contribution in [0.5, 0.6) is 5.75 Å². The first-order chi connectivity index (χ1) is 17.0. The Balaban J connectivity index is 1.45. The lowest BCUT2D eigenvalue weighted by Crippen LogP contribution is -2.37. The molecule has 1 amide bonds. The number of ether oxygens (including phenoxy) is 2. The lowest BCUT2D eigenvalue weighted by molar-refractivity contribution is -0.120. The Bertz CT molecular complexity index is 1190. The molecule has 4 rings (SSSR count). The van der Waals surface area contributed by atoms with E-state index in [9.17, 15) is 9.59 Å². The van der Waals surface area contributed by atoms with Gasteiger partial charge in [-0.2, -0.15) is 0 Å². The van der Waals surface area contributed by atoms with Crippen molar-refractivity contribution in [3.8, 4) is 5.75 Å². The van der Waals surface area contributed by atoms with Crippen LogP contribution in [0.1, 0.15) is 18.9 Å². The highest BCUT2D eigenvalue weighted by Gasteiger charge is 2.20. The van der Waals surface area contributed by atoms with Crippen molar-refractivity contribution in [3.05, 3.63) is 64.4 Å². The number of nitrogens with one attached hydrogen (secondary N) is 1. The molecule has 1 fully saturated rings. The number of thioether (sulfide) groups is 1. The molecule has 186 valence electrons. The van der Waals surface area contributed by atoms with Crippen molar-refractivity contribution in [3.63, 3.8) is 0 Å². The van der Waals surface area contributed by atoms with Crippen LogP contribution in [0.4, 0.5) is 0 Å². The Morgan fingerprint density at radius 1 is 1.14 bits per heavy atom. The number of rotatable bonds is 10. The smallest absolute Gasteiger partial charge is 0.262 e. The number of benzene rings is 2. The maximum atomic E-state index is 13.3. The Hall–Kier alpha value is -2.88. The highest BCUT2D eigenvalue weighted by molar-refractivity contribution is 8.00. The molecule has 0 aliphatic carbocycles. The van der Waals surface area contributed by atoms with Crippen LogP contribution < -0.4 is 15.6 Å². The Morgan fingerprint density at radius 2 is 1.89 bits per heavy atom. The lowest BCUT2D eigenvalue weighted by Gasteiger charge is -2.26. The summed E-state index contributed by atoms with van der Waals surface area (Å²) in [5.41, 5.74) is 1.57. The molecule has 1 aromatic heterocycles. The van der Waals surface area contributed by atoms with E-state index in [1.807, 2.05) is 55.5 Å². The number of fused-ring (bicyclic) bond motifs is 1. The summed E-state index contributed by atoms with van der Waals surface area (Å²) in [6.45, 7) is 7.04. The summed E-state index contributed by atoms with van der Waals surface area (Å²) < 4.78 is 12.3. The third kappa shape index (κ3) is 6.62. The normalized spacial score (nSPS) is 15.1. The van der Waals surface area contributed by atoms with Gasteiger partial charge in [0.2, 0.25) is 5.91 Å². The van der Waals surface area contributed by atoms with Crippen molar-refractivity contribution < 1.29 is 14.3 Å². The van der Waals surface area contributed by atoms with Crippen molar-refractivity contribution in [1.29, 1.82) is 0 Å². The number of morpholine rings is 1. The molecule has 0 radical (unpaired) electrons. The second-order valence-electron chi connectivity index (χ2n) is 8.50. The largest absolute Gasteiger partial charge is 0.497 e. The highest BCUT2D eigenvalue weighted by atomic mass is 32.2. The van der Waals surface area contributed by atoms with Gasteiger partial charge in [-0.1, -0.05) is 36.0 Å². The van der Waals surface area contributed by atoms with Crippen LogP contribution in [-0.4, -0.2) is 65.6 Å². The topological polar surface area (TPSA) is 85.7 Å². The van der Waals surface area contributed by atoms with Gasteiger partial charge in [0.1, 0.15) is 5.75 Å². The third-order valence-electron chi connectivity index (χ3n) is 6.06. The average Bonchev–Trinajstić information content (AvgIpc) is 2.90. The molecule has 9 heteroatoms. The van der Waals surface area contributed by atoms with E-state index in [0.29, 0.717) is 29.1 Å². The van der Waals surface area contributed by atoms with Crippen LogP contribution in [0.2, 0.25) is 0 Å². The van der Waals surface area contributed by atoms with Crippen molar-refractivity contribution in [2.75, 3.05) is 40.0 Å². The molecule has 2 aromatic carbocycles. The average molecular weight is 497 g/mol. The van der Waals surface area contributed by atoms with E-state index in [4.69, 9.17) is 14.5 Å². The molecule has 1 aliphatic heterocycles. The number of carbonyl (C=O) groups is 1. The summed E-state index contributed by atoms with van der Waals surface area (Å²) in [6, 6.07) is 15.0. The molecule has 0 saturated carbocycles. The van der Waals surface area contributed by atoms with Gasteiger partial charge in [-0.3, -0.25) is 19.1 Å². The van der Waals surface area contributed by atoms with E-state index in [1.165, 1.54) is 11.8 Å². The Labute approximate surface area is 209 Å². The number of para-hydroxylation sites is 1. The van der Waals surface area contributed by atoms with Gasteiger partial charge in [0, 0.05) is 32.7 Å². The molecule has 0 spiro atoms. The number of carbonyl (C=O) groups excluding carboxylic acids is 1. The summed E-state index contributed by atoms with van der Waals surface area (Å²) in [4.78, 5) is 33.3. The summed E-state index contributed by atoms with van der Waals surface area (Å²) in [7, 11) is 1.62. The predicted octanol–water partition coefficient (Wildman–Crippen LogP) is 2.92. The first-order valence-corrected chi connectivity index (χ1v) is 12.8. The molecular formula is C26H32N4O4S. The van der Waals surface area contributed by atoms with Gasteiger partial charge in [-0.25, -0.2) is 4.98 Å². The fourth-order valence-electron chi connectivity index (χ4n) is 4.00. The van der Waals surface area contributed by atoms with Crippen molar-refractivity contribution >= 4 is 28.6 Å². The number of hydrogen-bond acceptors (Lipinski definition) is 7. The van der Waals surface area contributed by atoms with Gasteiger partial charge in [0.05, 0.1) is 36.5 Å². The third-order valence-corrected chi connectivity index (χ3v) is 7.15. The number of methoxy groups -OCH3 is 1. The summed E-state index contributed by atoms with van der Waals surface area (Å²) in [6.07, 6.45) is 0.825. The van der Waals surface area contributed by atoms with Gasteiger partial charge >= 0.3 is 0 Å². The van der Waals surface area contributed by atoms with E-state index in [-0.39, 0.29) is 11.5 Å². The van der Waals surface area contributed by atoms with E-state index in [0.717, 1.165) is 50.6 Å². The Kier molecular flexibility index (Phi) is 8.79. The number of nitrogens with zero attached hydrogens (tertiary/aromatic N) is 3. The van der Waals surface area contributed by atoms with Gasteiger partial charge in [0.25, 0.3) is 5.56 Å². The van der Waals surface area contributed by atoms with E-state index < -0.39 is 5.25 Å². The fraction of sp³-hybridized carbons (Fsp3) is 0.423. The zero-order valence-electron chi connectivity index (χ0n) is 20.2. The molecule has 1 atom stereocenters. The SMILES string of the molecule is COc1ccc(CNC(=O)[C@@H](C)Sc2nc3ccccc3c(=O)n2CCCN2CCOCC2)cc1. The maximum absolute atomic E-state index is 13.3. The van der Waals surface area contributed by atoms with Gasteiger partial charge < -0.3 is 14.8 Å². The molecule has 35 heavy (non-hydrogen) atoms. The second kappa shape index (κ2) is 12.2. The fourth-order valence-corrected chi connectivity index (χ4v) is 4.96. The molecular weight excluding hydrogens is 464 g/mol. The van der Waals surface area contributed by atoms with Gasteiger partial charge in [0.15, 0.2) is 5.16 Å². The molecule has 8 nitrogen and oxygen atoms in total. The van der Waals surface area contributed by atoms with Crippen LogP contribution in [0.3, 0.4) is 0 Å². The van der Waals surface area contributed by atoms with Crippen molar-refractivity contribution in [1.82, 2.24) is 19.8 Å². The van der Waals surface area contributed by atoms with Crippen LogP contribution in [-0.2, 0) is 22.6 Å². The van der Waals surface area contributed by atoms with Gasteiger partial charge in [-0.05, 0) is 43.2 Å². The number of amides is 1. The zero-order valence-corrected chi connectivity index (χ0v) is 21.1. The van der Waals surface area contributed by atoms with Crippen molar-refractivity contribution in [2.45, 2.75) is 36.8 Å². The van der Waals surface area contributed by atoms with Crippen LogP contribution in [0.15, 0.2) is 58.5 Å². The standard InChI is InChI=1S/C26H32N4O4S/c1-19(24(31)27-18-20-8-10-21(33-2)11-9-20)35-26-28-23-7-4-3-6-22(23)25(32)30(26)13-5-12-29-14-16-34-17-15-29/h3-4,6-11,19H,5,12-18H2,1-2H3,(H,27,31)/t19-/m1/s1. The zero-order chi connectivity index (χ0) is 24.6. The van der Waals surface area contributed by atoms with E-state index in [1.54, 1.807) is 11.7 Å². The Morgan fingerprint density at radius 3 is 2.63 bits per heavy atom.